The number of halogens is 2. The molecule has 1 unspecified atom stereocenters. The summed E-state index contributed by atoms with van der Waals surface area (Å²) in [4.78, 5) is 40.6. The van der Waals surface area contributed by atoms with E-state index in [0.717, 1.165) is 31.4 Å². The van der Waals surface area contributed by atoms with Crippen molar-refractivity contribution in [2.45, 2.75) is 62.6 Å². The van der Waals surface area contributed by atoms with E-state index < -0.39 is 46.4 Å². The first kappa shape index (κ1) is 20.3. The maximum Gasteiger partial charge on any atom is 0.276 e. The van der Waals surface area contributed by atoms with Gasteiger partial charge < -0.3 is 24.6 Å². The number of rotatable bonds is 3. The number of ether oxygens (including phenoxy) is 1. The summed E-state index contributed by atoms with van der Waals surface area (Å²) in [7, 11) is 0. The second-order valence-corrected chi connectivity index (χ2v) is 9.27. The van der Waals surface area contributed by atoms with Crippen LogP contribution >= 0.6 is 0 Å². The molecular weight excluding hydrogens is 436 g/mol. The molecule has 3 atom stereocenters. The number of amides is 2. The van der Waals surface area contributed by atoms with Crippen molar-refractivity contribution < 1.29 is 28.2 Å². The largest absolute Gasteiger partial charge is 0.503 e. The molecule has 2 aliphatic heterocycles. The fraction of sp³-hybridized carbons (Fsp3) is 0.435. The summed E-state index contributed by atoms with van der Waals surface area (Å²) >= 11 is 0. The molecule has 1 aromatic heterocycles. The van der Waals surface area contributed by atoms with E-state index in [1.807, 2.05) is 0 Å². The molecule has 0 radical (unpaired) electrons. The molecule has 3 fully saturated rings. The first-order valence-electron chi connectivity index (χ1n) is 11.0. The van der Waals surface area contributed by atoms with Gasteiger partial charge in [-0.15, -0.1) is 0 Å². The minimum atomic E-state index is -1.05. The first-order chi connectivity index (χ1) is 15.8. The zero-order valence-electron chi connectivity index (χ0n) is 17.5. The maximum absolute atomic E-state index is 14.3. The molecule has 4 aliphatic rings. The van der Waals surface area contributed by atoms with Gasteiger partial charge in [0, 0.05) is 23.9 Å². The number of nitrogens with zero attached hydrogens (tertiary/aromatic N) is 2. The number of hydrogen-bond donors (Lipinski definition) is 2. The SMILES string of the molecule is O=C(NC1(c2ccc(F)cc2F)CC1)c1cn2c(c(O)c1=O)C(=O)N1C(C2)O[C@@H]2CC[C@H]1C2. The molecule has 10 heteroatoms. The van der Waals surface area contributed by atoms with E-state index >= 15 is 0 Å². The van der Waals surface area contributed by atoms with Gasteiger partial charge in [0.05, 0.1) is 18.2 Å². The van der Waals surface area contributed by atoms with Gasteiger partial charge in [0.25, 0.3) is 11.8 Å². The van der Waals surface area contributed by atoms with E-state index in [0.29, 0.717) is 12.8 Å². The normalized spacial score (nSPS) is 26.5. The minimum Gasteiger partial charge on any atom is -0.503 e. The molecule has 6 rings (SSSR count). The monoisotopic (exact) mass is 457 g/mol. The van der Waals surface area contributed by atoms with Crippen LogP contribution in [0.1, 0.15) is 58.5 Å². The smallest absolute Gasteiger partial charge is 0.276 e. The fourth-order valence-electron chi connectivity index (χ4n) is 5.46. The van der Waals surface area contributed by atoms with Crippen molar-refractivity contribution in [2.24, 2.45) is 0 Å². The summed E-state index contributed by atoms with van der Waals surface area (Å²) in [5.41, 5.74) is -2.40. The number of fused-ring (bicyclic) bond motifs is 5. The van der Waals surface area contributed by atoms with Crippen molar-refractivity contribution >= 4 is 11.8 Å². The number of aromatic hydroxyl groups is 1. The average molecular weight is 457 g/mol. The van der Waals surface area contributed by atoms with Crippen LogP contribution in [-0.2, 0) is 16.8 Å². The van der Waals surface area contributed by atoms with E-state index in [9.17, 15) is 28.3 Å². The van der Waals surface area contributed by atoms with Crippen LogP contribution in [-0.4, -0.2) is 44.8 Å². The predicted molar refractivity (Wildman–Crippen MR) is 110 cm³/mol. The Balaban J connectivity index is 1.34. The van der Waals surface area contributed by atoms with Gasteiger partial charge in [-0.25, -0.2) is 8.78 Å². The van der Waals surface area contributed by atoms with Crippen molar-refractivity contribution in [3.05, 3.63) is 63.1 Å². The van der Waals surface area contributed by atoms with Crippen LogP contribution in [0.4, 0.5) is 8.78 Å². The Morgan fingerprint density at radius 2 is 2.00 bits per heavy atom. The number of nitrogens with one attached hydrogen (secondary N) is 1. The van der Waals surface area contributed by atoms with Crippen LogP contribution in [0.5, 0.6) is 5.75 Å². The number of pyridine rings is 1. The molecular formula is C23H21F2N3O5. The number of carbonyl (C=O) groups is 2. The molecule has 33 heavy (non-hydrogen) atoms. The number of hydrogen-bond acceptors (Lipinski definition) is 5. The summed E-state index contributed by atoms with van der Waals surface area (Å²) in [6, 6.07) is 3.14. The van der Waals surface area contributed by atoms with Crippen LogP contribution in [0.2, 0.25) is 0 Å². The highest BCUT2D eigenvalue weighted by atomic mass is 19.1. The second-order valence-electron chi connectivity index (χ2n) is 9.27. The molecule has 1 aromatic carbocycles. The number of carbonyl (C=O) groups excluding carboxylic acids is 2. The van der Waals surface area contributed by atoms with Crippen molar-refractivity contribution in [2.75, 3.05) is 0 Å². The fourth-order valence-corrected chi connectivity index (χ4v) is 5.46. The molecule has 2 aliphatic carbocycles. The highest BCUT2D eigenvalue weighted by molar-refractivity contribution is 5.99. The van der Waals surface area contributed by atoms with Gasteiger partial charge in [0.15, 0.2) is 17.7 Å². The number of benzene rings is 1. The summed E-state index contributed by atoms with van der Waals surface area (Å²) in [6.45, 7) is 0.180. The summed E-state index contributed by atoms with van der Waals surface area (Å²) < 4.78 is 35.0. The highest BCUT2D eigenvalue weighted by Gasteiger charge is 2.49. The van der Waals surface area contributed by atoms with Crippen LogP contribution in [0.3, 0.4) is 0 Å². The van der Waals surface area contributed by atoms with Gasteiger partial charge in [-0.1, -0.05) is 6.07 Å². The lowest BCUT2D eigenvalue weighted by Crippen LogP contribution is -2.57. The van der Waals surface area contributed by atoms with Crippen molar-refractivity contribution in [1.29, 1.82) is 0 Å². The van der Waals surface area contributed by atoms with Crippen LogP contribution in [0, 0.1) is 11.6 Å². The lowest BCUT2D eigenvalue weighted by atomic mass is 10.0. The summed E-state index contributed by atoms with van der Waals surface area (Å²) in [5.74, 6) is -3.60. The molecule has 172 valence electrons. The second kappa shape index (κ2) is 6.86. The third kappa shape index (κ3) is 3.00. The van der Waals surface area contributed by atoms with E-state index in [1.54, 1.807) is 4.90 Å². The number of aromatic nitrogens is 1. The Bertz CT molecular complexity index is 1270. The molecule has 8 nitrogen and oxygen atoms in total. The maximum atomic E-state index is 14.3. The van der Waals surface area contributed by atoms with E-state index in [-0.39, 0.29) is 35.5 Å². The van der Waals surface area contributed by atoms with E-state index in [2.05, 4.69) is 5.32 Å². The summed E-state index contributed by atoms with van der Waals surface area (Å²) in [6.07, 6.45) is 4.02. The zero-order chi connectivity index (χ0) is 23.1. The summed E-state index contributed by atoms with van der Waals surface area (Å²) in [5, 5.41) is 13.3. The third-order valence-corrected chi connectivity index (χ3v) is 7.25. The topological polar surface area (TPSA) is 101 Å². The van der Waals surface area contributed by atoms with Crippen molar-refractivity contribution in [3.63, 3.8) is 0 Å². The molecule has 2 N–H and O–H groups in total. The van der Waals surface area contributed by atoms with Gasteiger partial charge >= 0.3 is 0 Å². The van der Waals surface area contributed by atoms with Gasteiger partial charge in [0.1, 0.15) is 17.2 Å². The molecule has 2 bridgehead atoms. The van der Waals surface area contributed by atoms with Gasteiger partial charge in [-0.2, -0.15) is 0 Å². The Hall–Kier alpha value is -3.27. The molecule has 3 heterocycles. The third-order valence-electron chi connectivity index (χ3n) is 7.25. The minimum absolute atomic E-state index is 0.00723. The van der Waals surface area contributed by atoms with Crippen LogP contribution in [0.15, 0.2) is 29.2 Å². The lowest BCUT2D eigenvalue weighted by molar-refractivity contribution is -0.132. The molecule has 2 aromatic rings. The van der Waals surface area contributed by atoms with Gasteiger partial charge in [-0.05, 0) is 38.2 Å². The van der Waals surface area contributed by atoms with Crippen molar-refractivity contribution in [3.8, 4) is 5.75 Å². The Morgan fingerprint density at radius 3 is 2.73 bits per heavy atom. The molecule has 2 amide bonds. The molecule has 0 spiro atoms. The molecule has 1 saturated heterocycles. The van der Waals surface area contributed by atoms with E-state index in [4.69, 9.17) is 4.74 Å². The quantitative estimate of drug-likeness (QED) is 0.734. The lowest BCUT2D eigenvalue weighted by Gasteiger charge is -2.44. The Morgan fingerprint density at radius 1 is 1.21 bits per heavy atom. The average Bonchev–Trinajstić information content (AvgIpc) is 3.44. The Kier molecular flexibility index (Phi) is 4.23. The predicted octanol–water partition coefficient (Wildman–Crippen LogP) is 1.98. The first-order valence-corrected chi connectivity index (χ1v) is 11.0. The van der Waals surface area contributed by atoms with Gasteiger partial charge in [-0.3, -0.25) is 14.4 Å². The van der Waals surface area contributed by atoms with Crippen molar-refractivity contribution in [1.82, 2.24) is 14.8 Å². The van der Waals surface area contributed by atoms with Gasteiger partial charge in [0.2, 0.25) is 5.43 Å². The van der Waals surface area contributed by atoms with Crippen LogP contribution in [0.25, 0.3) is 0 Å². The van der Waals surface area contributed by atoms with Crippen LogP contribution < -0.4 is 10.7 Å². The highest BCUT2D eigenvalue weighted by Crippen LogP contribution is 2.47. The van der Waals surface area contributed by atoms with E-state index in [1.165, 1.54) is 16.8 Å². The zero-order valence-corrected chi connectivity index (χ0v) is 17.5. The molecule has 2 saturated carbocycles. The Labute approximate surface area is 186 Å². The standard InChI is InChI=1S/C23H21F2N3O5/c24-11-1-4-15(16(25)7-11)23(5-6-23)26-21(31)14-9-27-10-17-28(12-2-3-13(8-12)33-17)22(32)18(27)20(30)19(14)29/h1,4,7,9,12-13,17,30H,2-3,5-6,8,10H2,(H,26,31)/t12-,13+,17?/m0/s1.